The van der Waals surface area contributed by atoms with Crippen LogP contribution in [0.1, 0.15) is 23.3 Å². The molecule has 8 heteroatoms. The minimum atomic E-state index is 0.00327. The molecule has 0 atom stereocenters. The van der Waals surface area contributed by atoms with Crippen molar-refractivity contribution in [3.05, 3.63) is 53.7 Å². The van der Waals surface area contributed by atoms with Crippen molar-refractivity contribution in [1.29, 1.82) is 0 Å². The summed E-state index contributed by atoms with van der Waals surface area (Å²) in [4.78, 5) is 28.8. The molecule has 1 amide bonds. The molecule has 0 aliphatic carbocycles. The lowest BCUT2D eigenvalue weighted by Crippen LogP contribution is -2.48. The number of rotatable bonds is 5. The van der Waals surface area contributed by atoms with Gasteiger partial charge < -0.3 is 19.4 Å². The van der Waals surface area contributed by atoms with Crippen LogP contribution in [0.25, 0.3) is 10.6 Å². The Morgan fingerprint density at radius 1 is 0.938 bits per heavy atom. The number of amides is 1. The van der Waals surface area contributed by atoms with Gasteiger partial charge in [-0.25, -0.2) is 9.97 Å². The number of carbonyl (C=O) groups excluding carboxylic acids is 1. The van der Waals surface area contributed by atoms with Crippen molar-refractivity contribution in [3.63, 3.8) is 0 Å². The molecule has 0 bridgehead atoms. The van der Waals surface area contributed by atoms with E-state index in [-0.39, 0.29) is 5.91 Å². The summed E-state index contributed by atoms with van der Waals surface area (Å²) in [6, 6.07) is 12.2. The Balaban J connectivity index is 1.20. The minimum absolute atomic E-state index is 0.00327. The van der Waals surface area contributed by atoms with Gasteiger partial charge in [0.05, 0.1) is 7.11 Å². The molecule has 2 saturated heterocycles. The quantitative estimate of drug-likeness (QED) is 0.591. The van der Waals surface area contributed by atoms with Crippen LogP contribution in [0.2, 0.25) is 0 Å². The van der Waals surface area contributed by atoms with Crippen LogP contribution in [0.5, 0.6) is 5.75 Å². The Bertz CT molecular complexity index is 1050. The summed E-state index contributed by atoms with van der Waals surface area (Å²) >= 11 is 1.50. The van der Waals surface area contributed by atoms with E-state index in [2.05, 4.69) is 44.0 Å². The molecule has 0 radical (unpaired) electrons. The summed E-state index contributed by atoms with van der Waals surface area (Å²) in [5.41, 5.74) is 2.63. The van der Waals surface area contributed by atoms with Crippen LogP contribution in [0.4, 0.5) is 11.5 Å². The van der Waals surface area contributed by atoms with Crippen molar-refractivity contribution in [2.75, 3.05) is 56.2 Å². The van der Waals surface area contributed by atoms with Crippen LogP contribution in [-0.4, -0.2) is 67.2 Å². The normalized spacial score (nSPS) is 16.5. The van der Waals surface area contributed by atoms with E-state index >= 15 is 0 Å². The van der Waals surface area contributed by atoms with Crippen LogP contribution in [0, 0.1) is 0 Å². The molecule has 0 saturated carbocycles. The predicted octanol–water partition coefficient (Wildman–Crippen LogP) is 3.78. The molecule has 2 fully saturated rings. The summed E-state index contributed by atoms with van der Waals surface area (Å²) in [7, 11) is 1.67. The van der Waals surface area contributed by atoms with E-state index in [9.17, 15) is 4.79 Å². The molecule has 2 aliphatic rings. The molecule has 1 aromatic carbocycles. The number of hydrogen-bond acceptors (Lipinski definition) is 7. The smallest absolute Gasteiger partial charge is 0.273 e. The summed E-state index contributed by atoms with van der Waals surface area (Å²) in [5.74, 6) is 1.88. The highest BCUT2D eigenvalue weighted by molar-refractivity contribution is 7.13. The number of thiazole rings is 1. The van der Waals surface area contributed by atoms with Crippen LogP contribution >= 0.6 is 11.3 Å². The van der Waals surface area contributed by atoms with Gasteiger partial charge in [0, 0.05) is 62.1 Å². The van der Waals surface area contributed by atoms with Crippen LogP contribution in [0.15, 0.2) is 48.0 Å². The maximum absolute atomic E-state index is 13.0. The van der Waals surface area contributed by atoms with E-state index in [4.69, 9.17) is 4.74 Å². The van der Waals surface area contributed by atoms with E-state index in [0.29, 0.717) is 18.8 Å². The first-order valence-corrected chi connectivity index (χ1v) is 11.9. The number of carbonyl (C=O) groups is 1. The third-order valence-electron chi connectivity index (χ3n) is 6.15. The van der Waals surface area contributed by atoms with E-state index in [1.165, 1.54) is 24.2 Å². The fraction of sp³-hybridized carbons (Fsp3) is 0.375. The SMILES string of the molecule is COc1ccc(N2CCN(C(=O)c3csc(-c4ccc(N5CCCC5)nc4)n3)CC2)cc1. The standard InChI is InChI=1S/C24H27N5O2S/c1-31-20-7-5-19(6-8-20)27-12-14-29(15-13-27)24(30)21-17-32-23(26-21)18-4-9-22(25-16-18)28-10-2-3-11-28/h4-9,16-17H,2-3,10-15H2,1H3. The third-order valence-corrected chi connectivity index (χ3v) is 7.04. The number of methoxy groups -OCH3 is 1. The highest BCUT2D eigenvalue weighted by atomic mass is 32.1. The molecule has 0 spiro atoms. The maximum atomic E-state index is 13.0. The molecule has 7 nitrogen and oxygen atoms in total. The van der Waals surface area contributed by atoms with Crippen molar-refractivity contribution in [1.82, 2.24) is 14.9 Å². The summed E-state index contributed by atoms with van der Waals surface area (Å²) in [5, 5.41) is 2.70. The lowest BCUT2D eigenvalue weighted by atomic mass is 10.2. The lowest BCUT2D eigenvalue weighted by Gasteiger charge is -2.35. The number of nitrogens with zero attached hydrogens (tertiary/aromatic N) is 5. The number of pyridine rings is 1. The van der Waals surface area contributed by atoms with E-state index < -0.39 is 0 Å². The summed E-state index contributed by atoms with van der Waals surface area (Å²) < 4.78 is 5.23. The van der Waals surface area contributed by atoms with Gasteiger partial charge in [-0.15, -0.1) is 11.3 Å². The largest absolute Gasteiger partial charge is 0.497 e. The van der Waals surface area contributed by atoms with E-state index in [1.54, 1.807) is 7.11 Å². The van der Waals surface area contributed by atoms with Gasteiger partial charge in [0.25, 0.3) is 5.91 Å². The van der Waals surface area contributed by atoms with Crippen molar-refractivity contribution < 1.29 is 9.53 Å². The van der Waals surface area contributed by atoms with Gasteiger partial charge in [-0.3, -0.25) is 4.79 Å². The third kappa shape index (κ3) is 4.27. The molecule has 0 unspecified atom stereocenters. The molecule has 0 N–H and O–H groups in total. The molecule has 2 aromatic heterocycles. The Hall–Kier alpha value is -3.13. The topological polar surface area (TPSA) is 61.8 Å². The number of piperazine rings is 1. The van der Waals surface area contributed by atoms with E-state index in [1.807, 2.05) is 28.6 Å². The van der Waals surface area contributed by atoms with Gasteiger partial charge in [-0.05, 0) is 49.2 Å². The average molecular weight is 450 g/mol. The number of anilines is 2. The van der Waals surface area contributed by atoms with Crippen molar-refractivity contribution in [3.8, 4) is 16.3 Å². The van der Waals surface area contributed by atoms with Crippen LogP contribution in [-0.2, 0) is 0 Å². The van der Waals surface area contributed by atoms with Gasteiger partial charge in [0.1, 0.15) is 22.3 Å². The Kier molecular flexibility index (Phi) is 5.94. The second-order valence-electron chi connectivity index (χ2n) is 8.11. The van der Waals surface area contributed by atoms with Crippen molar-refractivity contribution in [2.24, 2.45) is 0 Å². The van der Waals surface area contributed by atoms with Gasteiger partial charge in [-0.2, -0.15) is 0 Å². The highest BCUT2D eigenvalue weighted by Crippen LogP contribution is 2.27. The minimum Gasteiger partial charge on any atom is -0.497 e. The Labute approximate surface area is 192 Å². The Morgan fingerprint density at radius 3 is 2.34 bits per heavy atom. The summed E-state index contributed by atoms with van der Waals surface area (Å²) in [6.45, 7) is 5.13. The monoisotopic (exact) mass is 449 g/mol. The first-order chi connectivity index (χ1) is 15.7. The number of benzene rings is 1. The van der Waals surface area contributed by atoms with Crippen LogP contribution < -0.4 is 14.5 Å². The van der Waals surface area contributed by atoms with Gasteiger partial charge >= 0.3 is 0 Å². The van der Waals surface area contributed by atoms with Gasteiger partial charge in [0.15, 0.2) is 0 Å². The van der Waals surface area contributed by atoms with Gasteiger partial charge in [0.2, 0.25) is 0 Å². The molecule has 2 aliphatic heterocycles. The summed E-state index contributed by atoms with van der Waals surface area (Å²) in [6.07, 6.45) is 4.33. The molecular weight excluding hydrogens is 422 g/mol. The van der Waals surface area contributed by atoms with E-state index in [0.717, 1.165) is 54.0 Å². The molecular formula is C24H27N5O2S. The number of ether oxygens (including phenoxy) is 1. The molecule has 32 heavy (non-hydrogen) atoms. The number of hydrogen-bond donors (Lipinski definition) is 0. The Morgan fingerprint density at radius 2 is 1.69 bits per heavy atom. The molecule has 166 valence electrons. The highest BCUT2D eigenvalue weighted by Gasteiger charge is 2.24. The van der Waals surface area contributed by atoms with Crippen LogP contribution in [0.3, 0.4) is 0 Å². The zero-order chi connectivity index (χ0) is 21.9. The average Bonchev–Trinajstić information content (AvgIpc) is 3.57. The molecule has 4 heterocycles. The first kappa shape index (κ1) is 20.8. The van der Waals surface area contributed by atoms with Crippen molar-refractivity contribution >= 4 is 28.7 Å². The zero-order valence-corrected chi connectivity index (χ0v) is 19.1. The van der Waals surface area contributed by atoms with Gasteiger partial charge in [-0.1, -0.05) is 0 Å². The second-order valence-corrected chi connectivity index (χ2v) is 8.97. The molecule has 5 rings (SSSR count). The fourth-order valence-corrected chi connectivity index (χ4v) is 5.06. The van der Waals surface area contributed by atoms with Crippen molar-refractivity contribution in [2.45, 2.75) is 12.8 Å². The number of aromatic nitrogens is 2. The maximum Gasteiger partial charge on any atom is 0.273 e. The first-order valence-electron chi connectivity index (χ1n) is 11.1. The lowest BCUT2D eigenvalue weighted by molar-refractivity contribution is 0.0742. The second kappa shape index (κ2) is 9.16. The zero-order valence-electron chi connectivity index (χ0n) is 18.2. The molecule has 3 aromatic rings. The fourth-order valence-electron chi connectivity index (χ4n) is 4.27. The predicted molar refractivity (Wildman–Crippen MR) is 128 cm³/mol.